The van der Waals surface area contributed by atoms with Crippen molar-refractivity contribution in [1.29, 1.82) is 0 Å². The average molecular weight is 335 g/mol. The molecule has 4 heteroatoms. The third-order valence-electron chi connectivity index (χ3n) is 3.34. The number of hydrogen-bond acceptors (Lipinski definition) is 3. The van der Waals surface area contributed by atoms with Crippen molar-refractivity contribution in [3.8, 4) is 5.75 Å². The van der Waals surface area contributed by atoms with Gasteiger partial charge in [-0.05, 0) is 12.1 Å². The van der Waals surface area contributed by atoms with E-state index in [2.05, 4.69) is 34.2 Å². The minimum absolute atomic E-state index is 0.250. The van der Waals surface area contributed by atoms with Gasteiger partial charge in [-0.15, -0.1) is 0 Å². The van der Waals surface area contributed by atoms with Gasteiger partial charge in [0.05, 0.1) is 11.4 Å². The first-order valence-electron chi connectivity index (χ1n) is 6.39. The molecule has 0 saturated carbocycles. The van der Waals surface area contributed by atoms with Gasteiger partial charge in [-0.25, -0.2) is 0 Å². The maximum Gasteiger partial charge on any atom is 0.230 e. The Morgan fingerprint density at radius 3 is 3.00 bits per heavy atom. The molecular weight excluding hydrogens is 320 g/mol. The fraction of sp³-hybridized carbons (Fsp3) is 0.250. The van der Waals surface area contributed by atoms with Crippen molar-refractivity contribution in [2.45, 2.75) is 10.7 Å². The van der Waals surface area contributed by atoms with Crippen molar-refractivity contribution >= 4 is 22.0 Å². The molecule has 1 aliphatic carbocycles. The molecule has 0 saturated heterocycles. The van der Waals surface area contributed by atoms with E-state index in [1.165, 1.54) is 0 Å². The second-order valence-electron chi connectivity index (χ2n) is 4.71. The largest absolute Gasteiger partial charge is 0.496 e. The minimum Gasteiger partial charge on any atom is -0.496 e. The van der Waals surface area contributed by atoms with Gasteiger partial charge in [0.1, 0.15) is 11.5 Å². The summed E-state index contributed by atoms with van der Waals surface area (Å²) in [5.74, 6) is 2.60. The summed E-state index contributed by atoms with van der Waals surface area (Å²) < 4.78 is 15.9. The van der Waals surface area contributed by atoms with Gasteiger partial charge in [-0.1, -0.05) is 52.4 Å². The number of ether oxygens (including phenoxy) is 3. The maximum absolute atomic E-state index is 5.47. The van der Waals surface area contributed by atoms with Gasteiger partial charge in [0.15, 0.2) is 5.76 Å². The van der Waals surface area contributed by atoms with Gasteiger partial charge in [0.2, 0.25) is 6.79 Å². The monoisotopic (exact) mass is 334 g/mol. The van der Waals surface area contributed by atoms with Crippen molar-refractivity contribution in [3.63, 3.8) is 0 Å². The number of benzene rings is 1. The minimum atomic E-state index is -0.250. The molecule has 0 fully saturated rings. The second kappa shape index (κ2) is 5.37. The molecule has 1 unspecified atom stereocenters. The molecule has 3 nitrogen and oxygen atoms in total. The summed E-state index contributed by atoms with van der Waals surface area (Å²) in [5, 5.41) is 0. The van der Waals surface area contributed by atoms with E-state index in [4.69, 9.17) is 14.2 Å². The molecule has 0 N–H and O–H groups in total. The van der Waals surface area contributed by atoms with Crippen LogP contribution in [0.1, 0.15) is 12.0 Å². The van der Waals surface area contributed by atoms with Crippen LogP contribution < -0.4 is 4.74 Å². The Balaban J connectivity index is 1.81. The summed E-state index contributed by atoms with van der Waals surface area (Å²) in [6.45, 7) is 0.314. The predicted octanol–water partition coefficient (Wildman–Crippen LogP) is 4.02. The Bertz CT molecular complexity index is 603. The van der Waals surface area contributed by atoms with Crippen LogP contribution in [0.2, 0.25) is 0 Å². The quantitative estimate of drug-likeness (QED) is 0.781. The molecule has 104 valence electrons. The van der Waals surface area contributed by atoms with Crippen LogP contribution in [0.25, 0.3) is 6.08 Å². The number of hydrogen-bond donors (Lipinski definition) is 0. The molecule has 0 spiro atoms. The van der Waals surface area contributed by atoms with Crippen molar-refractivity contribution in [2.24, 2.45) is 0 Å². The maximum atomic E-state index is 5.47. The summed E-state index contributed by atoms with van der Waals surface area (Å²) in [5.41, 5.74) is 1.05. The molecular formula is C16H15BrO3. The van der Waals surface area contributed by atoms with Gasteiger partial charge in [-0.3, -0.25) is 0 Å². The number of allylic oxidation sites excluding steroid dienone is 4. The molecule has 3 rings (SSSR count). The lowest BCUT2D eigenvalue weighted by molar-refractivity contribution is 0.0726. The standard InChI is InChI=1S/C16H15BrO3/c1-18-13-5-3-2-4-12(13)6-8-16(17)9-7-14-15(10-16)20-11-19-14/h2-9H,10-11H2,1H3. The molecule has 0 radical (unpaired) electrons. The summed E-state index contributed by atoms with van der Waals surface area (Å²) in [4.78, 5) is 0. The normalized spacial score (nSPS) is 24.5. The number of alkyl halides is 1. The van der Waals surface area contributed by atoms with Gasteiger partial charge in [0, 0.05) is 12.0 Å². The molecule has 2 aliphatic rings. The Labute approximate surface area is 126 Å². The van der Waals surface area contributed by atoms with E-state index in [0.29, 0.717) is 6.79 Å². The zero-order chi connectivity index (χ0) is 14.0. The van der Waals surface area contributed by atoms with E-state index in [-0.39, 0.29) is 4.32 Å². The predicted molar refractivity (Wildman–Crippen MR) is 81.5 cm³/mol. The Morgan fingerprint density at radius 2 is 2.15 bits per heavy atom. The zero-order valence-electron chi connectivity index (χ0n) is 11.1. The van der Waals surface area contributed by atoms with E-state index in [1.807, 2.05) is 30.3 Å². The highest BCUT2D eigenvalue weighted by atomic mass is 79.9. The molecule has 1 heterocycles. The van der Waals surface area contributed by atoms with Gasteiger partial charge >= 0.3 is 0 Å². The third-order valence-corrected chi connectivity index (χ3v) is 4.15. The Kier molecular flexibility index (Phi) is 3.57. The topological polar surface area (TPSA) is 27.7 Å². The number of halogens is 1. The van der Waals surface area contributed by atoms with Crippen LogP contribution in [-0.2, 0) is 9.47 Å². The van der Waals surface area contributed by atoms with Crippen LogP contribution in [0.15, 0.2) is 54.0 Å². The lowest BCUT2D eigenvalue weighted by atomic mass is 9.97. The smallest absolute Gasteiger partial charge is 0.230 e. The van der Waals surface area contributed by atoms with Crippen molar-refractivity contribution in [2.75, 3.05) is 13.9 Å². The van der Waals surface area contributed by atoms with Crippen LogP contribution >= 0.6 is 15.9 Å². The second-order valence-corrected chi connectivity index (χ2v) is 6.18. The first-order chi connectivity index (χ1) is 9.70. The highest BCUT2D eigenvalue weighted by molar-refractivity contribution is 9.10. The first-order valence-corrected chi connectivity index (χ1v) is 7.19. The lowest BCUT2D eigenvalue weighted by Gasteiger charge is -2.22. The summed E-state index contributed by atoms with van der Waals surface area (Å²) in [6, 6.07) is 7.93. The number of para-hydroxylation sites is 1. The van der Waals surface area contributed by atoms with Crippen LogP contribution in [0.4, 0.5) is 0 Å². The molecule has 1 atom stereocenters. The van der Waals surface area contributed by atoms with Crippen LogP contribution in [0, 0.1) is 0 Å². The fourth-order valence-corrected chi connectivity index (χ4v) is 2.78. The molecule has 0 bridgehead atoms. The Hall–Kier alpha value is -1.68. The molecule has 20 heavy (non-hydrogen) atoms. The highest BCUT2D eigenvalue weighted by Crippen LogP contribution is 2.39. The van der Waals surface area contributed by atoms with E-state index >= 15 is 0 Å². The summed E-state index contributed by atoms with van der Waals surface area (Å²) in [6.07, 6.45) is 8.93. The van der Waals surface area contributed by atoms with E-state index in [0.717, 1.165) is 29.3 Å². The molecule has 0 aromatic heterocycles. The third kappa shape index (κ3) is 2.61. The van der Waals surface area contributed by atoms with E-state index in [1.54, 1.807) is 7.11 Å². The number of methoxy groups -OCH3 is 1. The highest BCUT2D eigenvalue weighted by Gasteiger charge is 2.31. The molecule has 1 aromatic carbocycles. The van der Waals surface area contributed by atoms with Crippen molar-refractivity contribution in [1.82, 2.24) is 0 Å². The van der Waals surface area contributed by atoms with E-state index in [9.17, 15) is 0 Å². The van der Waals surface area contributed by atoms with Gasteiger partial charge in [-0.2, -0.15) is 0 Å². The summed E-state index contributed by atoms with van der Waals surface area (Å²) in [7, 11) is 1.68. The van der Waals surface area contributed by atoms with Crippen molar-refractivity contribution in [3.05, 3.63) is 59.6 Å². The Morgan fingerprint density at radius 1 is 1.30 bits per heavy atom. The average Bonchev–Trinajstić information content (AvgIpc) is 2.92. The molecule has 1 aliphatic heterocycles. The van der Waals surface area contributed by atoms with Crippen LogP contribution in [-0.4, -0.2) is 18.2 Å². The lowest BCUT2D eigenvalue weighted by Crippen LogP contribution is -2.18. The number of rotatable bonds is 3. The van der Waals surface area contributed by atoms with Crippen LogP contribution in [0.5, 0.6) is 5.75 Å². The van der Waals surface area contributed by atoms with Gasteiger partial charge < -0.3 is 14.2 Å². The zero-order valence-corrected chi connectivity index (χ0v) is 12.7. The van der Waals surface area contributed by atoms with Crippen LogP contribution in [0.3, 0.4) is 0 Å². The summed E-state index contributed by atoms with van der Waals surface area (Å²) >= 11 is 3.75. The fourth-order valence-electron chi connectivity index (χ4n) is 2.26. The molecule has 0 amide bonds. The SMILES string of the molecule is COc1ccccc1C=CC1(Br)C=CC2=C(C1)OCO2. The van der Waals surface area contributed by atoms with Crippen molar-refractivity contribution < 1.29 is 14.2 Å². The molecule has 1 aromatic rings. The van der Waals surface area contributed by atoms with E-state index < -0.39 is 0 Å². The first kappa shape index (κ1) is 13.3. The van der Waals surface area contributed by atoms with Gasteiger partial charge in [0.25, 0.3) is 0 Å².